The highest BCUT2D eigenvalue weighted by Crippen LogP contribution is 2.10. The van der Waals surface area contributed by atoms with E-state index in [1.54, 1.807) is 18.6 Å². The second-order valence-electron chi connectivity index (χ2n) is 2.89. The Balaban J connectivity index is 2.08. The Morgan fingerprint density at radius 1 is 1.47 bits per heavy atom. The fraction of sp³-hybridized carbons (Fsp3) is 0.100. The van der Waals surface area contributed by atoms with Gasteiger partial charge in [-0.3, -0.25) is 0 Å². The van der Waals surface area contributed by atoms with Crippen LogP contribution in [0.25, 0.3) is 0 Å². The summed E-state index contributed by atoms with van der Waals surface area (Å²) < 4.78 is 4.92. The first-order chi connectivity index (χ1) is 7.40. The third kappa shape index (κ3) is 2.11. The standard InChI is InChI=1S/C10H8N4O/c11-5-9-1-3-13-14-10(9)12-6-8-2-4-15-7-8/h1-4,7H,6H2,(H,12,14). The Labute approximate surface area is 86.4 Å². The highest BCUT2D eigenvalue weighted by molar-refractivity contribution is 5.50. The summed E-state index contributed by atoms with van der Waals surface area (Å²) in [4.78, 5) is 0. The lowest BCUT2D eigenvalue weighted by Gasteiger charge is -2.03. The molecule has 0 amide bonds. The second-order valence-corrected chi connectivity index (χ2v) is 2.89. The number of hydrogen-bond donors (Lipinski definition) is 1. The third-order valence-electron chi connectivity index (χ3n) is 1.88. The molecule has 5 heteroatoms. The lowest BCUT2D eigenvalue weighted by molar-refractivity contribution is 0.564. The Kier molecular flexibility index (Phi) is 2.61. The van der Waals surface area contributed by atoms with Crippen LogP contribution < -0.4 is 5.32 Å². The topological polar surface area (TPSA) is 74.7 Å². The first-order valence-electron chi connectivity index (χ1n) is 4.37. The summed E-state index contributed by atoms with van der Waals surface area (Å²) in [5.74, 6) is 0.487. The summed E-state index contributed by atoms with van der Waals surface area (Å²) in [6.07, 6.45) is 4.72. The van der Waals surface area contributed by atoms with E-state index in [9.17, 15) is 0 Å². The maximum Gasteiger partial charge on any atom is 0.166 e. The number of anilines is 1. The van der Waals surface area contributed by atoms with Crippen LogP contribution in [0, 0.1) is 11.3 Å². The number of nitrogens with one attached hydrogen (secondary N) is 1. The largest absolute Gasteiger partial charge is 0.472 e. The van der Waals surface area contributed by atoms with Gasteiger partial charge in [0.15, 0.2) is 5.82 Å². The van der Waals surface area contributed by atoms with Gasteiger partial charge in [0.1, 0.15) is 6.07 Å². The van der Waals surface area contributed by atoms with E-state index >= 15 is 0 Å². The molecule has 2 rings (SSSR count). The summed E-state index contributed by atoms with van der Waals surface area (Å²) >= 11 is 0. The number of nitriles is 1. The Morgan fingerprint density at radius 3 is 3.13 bits per heavy atom. The van der Waals surface area contributed by atoms with Crippen molar-refractivity contribution in [3.8, 4) is 6.07 Å². The van der Waals surface area contributed by atoms with Crippen LogP contribution >= 0.6 is 0 Å². The summed E-state index contributed by atoms with van der Waals surface area (Å²) in [5, 5.41) is 19.4. The van der Waals surface area contributed by atoms with Crippen LogP contribution in [0.3, 0.4) is 0 Å². The molecule has 0 radical (unpaired) electrons. The minimum absolute atomic E-state index is 0.480. The number of furan rings is 1. The lowest BCUT2D eigenvalue weighted by atomic mass is 10.3. The molecule has 2 aromatic rings. The molecule has 0 saturated heterocycles. The van der Waals surface area contributed by atoms with Crippen molar-refractivity contribution >= 4 is 5.82 Å². The molecule has 5 nitrogen and oxygen atoms in total. The summed E-state index contributed by atoms with van der Waals surface area (Å²) in [6.45, 7) is 0.559. The average Bonchev–Trinajstić information content (AvgIpc) is 2.79. The van der Waals surface area contributed by atoms with Gasteiger partial charge in [0.05, 0.1) is 24.3 Å². The smallest absolute Gasteiger partial charge is 0.166 e. The minimum atomic E-state index is 0.480. The molecule has 2 aromatic heterocycles. The van der Waals surface area contributed by atoms with Crippen molar-refractivity contribution in [2.75, 3.05) is 5.32 Å². The average molecular weight is 200 g/mol. The molecule has 0 atom stereocenters. The zero-order valence-electron chi connectivity index (χ0n) is 7.84. The molecule has 0 spiro atoms. The van der Waals surface area contributed by atoms with Gasteiger partial charge in [-0.05, 0) is 12.1 Å². The molecule has 0 aliphatic heterocycles. The molecule has 0 saturated carbocycles. The summed E-state index contributed by atoms with van der Waals surface area (Å²) in [5.41, 5.74) is 1.47. The van der Waals surface area contributed by atoms with Crippen LogP contribution in [-0.2, 0) is 6.54 Å². The van der Waals surface area contributed by atoms with Gasteiger partial charge < -0.3 is 9.73 Å². The maximum atomic E-state index is 8.80. The molecule has 0 aliphatic rings. The Bertz CT molecular complexity index is 472. The van der Waals surface area contributed by atoms with Gasteiger partial charge in [-0.15, -0.1) is 5.10 Å². The van der Waals surface area contributed by atoms with Crippen LogP contribution in [0.4, 0.5) is 5.82 Å². The van der Waals surface area contributed by atoms with Crippen LogP contribution in [0.1, 0.15) is 11.1 Å². The van der Waals surface area contributed by atoms with E-state index in [1.807, 2.05) is 12.1 Å². The van der Waals surface area contributed by atoms with E-state index in [0.29, 0.717) is 17.9 Å². The van der Waals surface area contributed by atoms with Gasteiger partial charge in [-0.2, -0.15) is 10.4 Å². The predicted molar refractivity (Wildman–Crippen MR) is 52.8 cm³/mol. The highest BCUT2D eigenvalue weighted by atomic mass is 16.3. The number of hydrogen-bond acceptors (Lipinski definition) is 5. The normalized spacial score (nSPS) is 9.53. The summed E-state index contributed by atoms with van der Waals surface area (Å²) in [6, 6.07) is 5.50. The fourth-order valence-electron chi connectivity index (χ4n) is 1.13. The van der Waals surface area contributed by atoms with Crippen molar-refractivity contribution in [3.63, 3.8) is 0 Å². The Morgan fingerprint density at radius 2 is 2.40 bits per heavy atom. The van der Waals surface area contributed by atoms with Gasteiger partial charge in [0.2, 0.25) is 0 Å². The zero-order chi connectivity index (χ0) is 10.5. The van der Waals surface area contributed by atoms with Gasteiger partial charge in [0.25, 0.3) is 0 Å². The monoisotopic (exact) mass is 200 g/mol. The van der Waals surface area contributed by atoms with Gasteiger partial charge in [-0.25, -0.2) is 0 Å². The summed E-state index contributed by atoms with van der Waals surface area (Å²) in [7, 11) is 0. The van der Waals surface area contributed by atoms with Crippen molar-refractivity contribution in [2.24, 2.45) is 0 Å². The second kappa shape index (κ2) is 4.24. The molecule has 1 N–H and O–H groups in total. The van der Waals surface area contributed by atoms with Crippen LogP contribution in [-0.4, -0.2) is 10.2 Å². The van der Waals surface area contributed by atoms with E-state index in [2.05, 4.69) is 15.5 Å². The first kappa shape index (κ1) is 9.21. The fourth-order valence-corrected chi connectivity index (χ4v) is 1.13. The highest BCUT2D eigenvalue weighted by Gasteiger charge is 2.02. The zero-order valence-corrected chi connectivity index (χ0v) is 7.84. The molecular weight excluding hydrogens is 192 g/mol. The van der Waals surface area contributed by atoms with E-state index in [0.717, 1.165) is 5.56 Å². The molecule has 0 aliphatic carbocycles. The van der Waals surface area contributed by atoms with Crippen molar-refractivity contribution in [1.29, 1.82) is 5.26 Å². The van der Waals surface area contributed by atoms with Crippen LogP contribution in [0.15, 0.2) is 35.3 Å². The van der Waals surface area contributed by atoms with Crippen molar-refractivity contribution in [3.05, 3.63) is 42.0 Å². The van der Waals surface area contributed by atoms with Gasteiger partial charge in [0, 0.05) is 12.1 Å². The minimum Gasteiger partial charge on any atom is -0.472 e. The van der Waals surface area contributed by atoms with E-state index in [4.69, 9.17) is 9.68 Å². The van der Waals surface area contributed by atoms with Crippen molar-refractivity contribution in [1.82, 2.24) is 10.2 Å². The van der Waals surface area contributed by atoms with Crippen molar-refractivity contribution in [2.45, 2.75) is 6.54 Å². The Hall–Kier alpha value is -2.35. The lowest BCUT2D eigenvalue weighted by Crippen LogP contribution is -2.03. The molecule has 74 valence electrons. The molecule has 15 heavy (non-hydrogen) atoms. The SMILES string of the molecule is N#Cc1ccnnc1NCc1ccoc1. The molecule has 0 bridgehead atoms. The number of nitrogens with zero attached hydrogens (tertiary/aromatic N) is 3. The van der Waals surface area contributed by atoms with Gasteiger partial charge in [-0.1, -0.05) is 0 Å². The maximum absolute atomic E-state index is 8.80. The van der Waals surface area contributed by atoms with Crippen LogP contribution in [0.2, 0.25) is 0 Å². The van der Waals surface area contributed by atoms with Gasteiger partial charge >= 0.3 is 0 Å². The quantitative estimate of drug-likeness (QED) is 0.813. The third-order valence-corrected chi connectivity index (χ3v) is 1.88. The molecule has 0 fully saturated rings. The number of aromatic nitrogens is 2. The molecule has 0 unspecified atom stereocenters. The van der Waals surface area contributed by atoms with Crippen molar-refractivity contribution < 1.29 is 4.42 Å². The van der Waals surface area contributed by atoms with E-state index in [1.165, 1.54) is 6.20 Å². The molecule has 0 aromatic carbocycles. The number of rotatable bonds is 3. The molecular formula is C10H8N4O. The first-order valence-corrected chi connectivity index (χ1v) is 4.37. The predicted octanol–water partition coefficient (Wildman–Crippen LogP) is 1.55. The van der Waals surface area contributed by atoms with Crippen LogP contribution in [0.5, 0.6) is 0 Å². The molecule has 2 heterocycles. The van der Waals surface area contributed by atoms with E-state index < -0.39 is 0 Å². The van der Waals surface area contributed by atoms with E-state index in [-0.39, 0.29) is 0 Å².